The summed E-state index contributed by atoms with van der Waals surface area (Å²) < 4.78 is 5.35. The van der Waals surface area contributed by atoms with E-state index in [1.54, 1.807) is 6.07 Å². The monoisotopic (exact) mass is 364 g/mol. The third-order valence-electron chi connectivity index (χ3n) is 5.26. The molecule has 3 heterocycles. The van der Waals surface area contributed by atoms with Crippen molar-refractivity contribution in [2.75, 3.05) is 13.2 Å². The second kappa shape index (κ2) is 6.91. The second-order valence-corrected chi connectivity index (χ2v) is 7.54. The summed E-state index contributed by atoms with van der Waals surface area (Å²) in [6, 6.07) is 11.6. The van der Waals surface area contributed by atoms with Crippen molar-refractivity contribution in [2.45, 2.75) is 38.7 Å². The zero-order valence-electron chi connectivity index (χ0n) is 15.7. The zero-order chi connectivity index (χ0) is 19.0. The highest BCUT2D eigenvalue weighted by Crippen LogP contribution is 2.33. The van der Waals surface area contributed by atoms with Crippen LogP contribution in [-0.4, -0.2) is 39.0 Å². The average molecular weight is 364 g/mol. The van der Waals surface area contributed by atoms with Crippen LogP contribution in [0.4, 0.5) is 0 Å². The summed E-state index contributed by atoms with van der Waals surface area (Å²) in [7, 11) is 0. The van der Waals surface area contributed by atoms with Gasteiger partial charge in [-0.15, -0.1) is 0 Å². The second-order valence-electron chi connectivity index (χ2n) is 7.54. The van der Waals surface area contributed by atoms with Gasteiger partial charge >= 0.3 is 0 Å². The van der Waals surface area contributed by atoms with Crippen LogP contribution in [-0.2, 0) is 11.2 Å². The van der Waals surface area contributed by atoms with Crippen LogP contribution in [0.25, 0.3) is 22.3 Å². The van der Waals surface area contributed by atoms with Crippen LogP contribution >= 0.6 is 0 Å². The Morgan fingerprint density at radius 3 is 2.52 bits per heavy atom. The lowest BCUT2D eigenvalue weighted by Gasteiger charge is -2.31. The molecule has 3 aromatic rings. The van der Waals surface area contributed by atoms with E-state index in [0.29, 0.717) is 43.8 Å². The molecule has 0 saturated carbocycles. The number of hydrogen-bond donors (Lipinski definition) is 2. The average Bonchev–Trinajstić information content (AvgIpc) is 2.61. The molecule has 1 fully saturated rings. The van der Waals surface area contributed by atoms with Crippen molar-refractivity contribution < 1.29 is 14.9 Å². The molecule has 0 bridgehead atoms. The molecule has 2 aromatic heterocycles. The van der Waals surface area contributed by atoms with E-state index in [-0.39, 0.29) is 5.75 Å². The molecular formula is C22H24N2O3. The molecule has 5 nitrogen and oxygen atoms in total. The van der Waals surface area contributed by atoms with Crippen molar-refractivity contribution in [3.63, 3.8) is 0 Å². The molecule has 5 heteroatoms. The summed E-state index contributed by atoms with van der Waals surface area (Å²) in [6.45, 7) is 5.09. The largest absolute Gasteiger partial charge is 0.507 e. The molecule has 0 aliphatic carbocycles. The Hall–Kier alpha value is -2.50. The first-order valence-corrected chi connectivity index (χ1v) is 9.31. The Bertz CT molecular complexity index is 971. The SMILES string of the molecule is Cc1cc(C)c(-c2ccc3ccc(CC4(O)CCOCC4)nc3n2)c(O)c1. The van der Waals surface area contributed by atoms with Gasteiger partial charge in [-0.25, -0.2) is 9.97 Å². The van der Waals surface area contributed by atoms with E-state index in [1.807, 2.05) is 44.2 Å². The minimum absolute atomic E-state index is 0.229. The predicted molar refractivity (Wildman–Crippen MR) is 105 cm³/mol. The molecule has 27 heavy (non-hydrogen) atoms. The number of rotatable bonds is 3. The molecule has 4 rings (SSSR count). The van der Waals surface area contributed by atoms with Crippen molar-refractivity contribution in [3.05, 3.63) is 53.2 Å². The first-order valence-electron chi connectivity index (χ1n) is 9.31. The summed E-state index contributed by atoms with van der Waals surface area (Å²) in [5, 5.41) is 22.1. The van der Waals surface area contributed by atoms with Crippen molar-refractivity contribution in [1.82, 2.24) is 9.97 Å². The first-order chi connectivity index (χ1) is 12.9. The molecule has 1 aliphatic heterocycles. The van der Waals surface area contributed by atoms with Crippen LogP contribution in [0.15, 0.2) is 36.4 Å². The van der Waals surface area contributed by atoms with Gasteiger partial charge in [0.25, 0.3) is 0 Å². The normalized spacial score (nSPS) is 16.6. The number of hydrogen-bond acceptors (Lipinski definition) is 5. The lowest BCUT2D eigenvalue weighted by molar-refractivity contribution is -0.0630. The maximum absolute atomic E-state index is 10.8. The number of phenolic OH excluding ortho intramolecular Hbond substituents is 1. The van der Waals surface area contributed by atoms with Crippen LogP contribution in [0.3, 0.4) is 0 Å². The first kappa shape index (κ1) is 17.9. The maximum Gasteiger partial charge on any atom is 0.160 e. The van der Waals surface area contributed by atoms with Gasteiger partial charge in [0.1, 0.15) is 5.75 Å². The third kappa shape index (κ3) is 3.66. The molecular weight excluding hydrogens is 340 g/mol. The molecule has 0 unspecified atom stereocenters. The quantitative estimate of drug-likeness (QED) is 0.741. The van der Waals surface area contributed by atoms with Gasteiger partial charge in [0.2, 0.25) is 0 Å². The van der Waals surface area contributed by atoms with Gasteiger partial charge in [-0.1, -0.05) is 6.07 Å². The molecule has 1 aliphatic rings. The topological polar surface area (TPSA) is 75.5 Å². The van der Waals surface area contributed by atoms with Gasteiger partial charge in [-0.3, -0.25) is 0 Å². The van der Waals surface area contributed by atoms with E-state index in [4.69, 9.17) is 9.72 Å². The van der Waals surface area contributed by atoms with E-state index in [1.165, 1.54) is 0 Å². The number of ether oxygens (including phenoxy) is 1. The van der Waals surface area contributed by atoms with E-state index in [9.17, 15) is 10.2 Å². The van der Waals surface area contributed by atoms with E-state index < -0.39 is 5.60 Å². The van der Waals surface area contributed by atoms with E-state index in [2.05, 4.69) is 4.98 Å². The molecule has 0 amide bonds. The van der Waals surface area contributed by atoms with Crippen LogP contribution in [0.2, 0.25) is 0 Å². The molecule has 0 atom stereocenters. The zero-order valence-corrected chi connectivity index (χ0v) is 15.7. The number of nitrogens with zero attached hydrogens (tertiary/aromatic N) is 2. The van der Waals surface area contributed by atoms with Gasteiger partial charge in [0, 0.05) is 36.3 Å². The lowest BCUT2D eigenvalue weighted by Crippen LogP contribution is -2.38. The summed E-state index contributed by atoms with van der Waals surface area (Å²) in [5.41, 5.74) is 4.11. The van der Waals surface area contributed by atoms with Gasteiger partial charge in [-0.2, -0.15) is 0 Å². The standard InChI is InChI=1S/C22H24N2O3/c1-14-11-15(2)20(19(25)12-14)18-6-4-16-3-5-17(23-21(16)24-18)13-22(26)7-9-27-10-8-22/h3-6,11-12,25-26H,7-10,13H2,1-2H3. The minimum Gasteiger partial charge on any atom is -0.507 e. The van der Waals surface area contributed by atoms with Crippen molar-refractivity contribution in [2.24, 2.45) is 0 Å². The summed E-state index contributed by atoms with van der Waals surface area (Å²) in [6.07, 6.45) is 1.74. The number of aromatic nitrogens is 2. The van der Waals surface area contributed by atoms with Crippen LogP contribution in [0, 0.1) is 13.8 Å². The van der Waals surface area contributed by atoms with Crippen LogP contribution in [0.5, 0.6) is 5.75 Å². The number of aryl methyl sites for hydroxylation is 2. The summed E-state index contributed by atoms with van der Waals surface area (Å²) in [5.74, 6) is 0.229. The van der Waals surface area contributed by atoms with Crippen LogP contribution in [0.1, 0.15) is 29.7 Å². The molecule has 140 valence electrons. The molecule has 1 saturated heterocycles. The Labute approximate surface area is 158 Å². The number of pyridine rings is 2. The molecule has 1 aromatic carbocycles. The maximum atomic E-state index is 10.8. The Balaban J connectivity index is 1.71. The fraction of sp³-hybridized carbons (Fsp3) is 0.364. The molecule has 0 spiro atoms. The highest BCUT2D eigenvalue weighted by atomic mass is 16.5. The van der Waals surface area contributed by atoms with Gasteiger partial charge in [-0.05, 0) is 68.1 Å². The Kier molecular flexibility index (Phi) is 4.58. The third-order valence-corrected chi connectivity index (χ3v) is 5.26. The van der Waals surface area contributed by atoms with Crippen molar-refractivity contribution >= 4 is 11.0 Å². The number of fused-ring (bicyclic) bond motifs is 1. The van der Waals surface area contributed by atoms with Gasteiger partial charge in [0.05, 0.1) is 11.3 Å². The van der Waals surface area contributed by atoms with Crippen molar-refractivity contribution in [1.29, 1.82) is 0 Å². The number of phenols is 1. The predicted octanol–water partition coefficient (Wildman–Crippen LogP) is 3.70. The minimum atomic E-state index is -0.762. The smallest absolute Gasteiger partial charge is 0.160 e. The lowest BCUT2D eigenvalue weighted by atomic mass is 9.89. The number of benzene rings is 1. The summed E-state index contributed by atoms with van der Waals surface area (Å²) >= 11 is 0. The highest BCUT2D eigenvalue weighted by Gasteiger charge is 2.30. The number of aliphatic hydroxyl groups is 1. The van der Waals surface area contributed by atoms with E-state index >= 15 is 0 Å². The van der Waals surface area contributed by atoms with Gasteiger partial charge in [0.15, 0.2) is 5.65 Å². The fourth-order valence-electron chi connectivity index (χ4n) is 3.82. The van der Waals surface area contributed by atoms with Crippen molar-refractivity contribution in [3.8, 4) is 17.0 Å². The highest BCUT2D eigenvalue weighted by molar-refractivity contribution is 5.80. The van der Waals surface area contributed by atoms with E-state index in [0.717, 1.165) is 27.8 Å². The Morgan fingerprint density at radius 1 is 1.04 bits per heavy atom. The molecule has 0 radical (unpaired) electrons. The van der Waals surface area contributed by atoms with Gasteiger partial charge < -0.3 is 14.9 Å². The summed E-state index contributed by atoms with van der Waals surface area (Å²) in [4.78, 5) is 9.38. The Morgan fingerprint density at radius 2 is 1.78 bits per heavy atom. The van der Waals surface area contributed by atoms with Crippen LogP contribution < -0.4 is 0 Å². The number of aromatic hydroxyl groups is 1. The fourth-order valence-corrected chi connectivity index (χ4v) is 3.82. The molecule has 2 N–H and O–H groups in total.